The molecule has 1 aromatic carbocycles. The molecule has 9 nitrogen and oxygen atoms in total. The van der Waals surface area contributed by atoms with Crippen molar-refractivity contribution in [3.05, 3.63) is 59.8 Å². The van der Waals surface area contributed by atoms with Gasteiger partial charge >= 0.3 is 0 Å². The van der Waals surface area contributed by atoms with Gasteiger partial charge in [-0.05, 0) is 42.7 Å². The van der Waals surface area contributed by atoms with E-state index in [2.05, 4.69) is 35.0 Å². The lowest BCUT2D eigenvalue weighted by atomic mass is 10.1. The van der Waals surface area contributed by atoms with Crippen LogP contribution in [0.2, 0.25) is 5.02 Å². The topological polar surface area (TPSA) is 132 Å². The molecule has 0 fully saturated rings. The Kier molecular flexibility index (Phi) is 6.29. The zero-order chi connectivity index (χ0) is 20.9. The molecule has 0 aliphatic heterocycles. The number of hydrogen-bond acceptors (Lipinski definition) is 7. The molecule has 0 aliphatic carbocycles. The molecule has 0 saturated carbocycles. The van der Waals surface area contributed by atoms with E-state index < -0.39 is 11.3 Å². The Morgan fingerprint density at radius 3 is 2.93 bits per heavy atom. The van der Waals surface area contributed by atoms with Crippen LogP contribution in [0.15, 0.2) is 49.2 Å². The van der Waals surface area contributed by atoms with E-state index in [9.17, 15) is 8.76 Å². The lowest BCUT2D eigenvalue weighted by molar-refractivity contribution is 0.521. The number of aryl methyl sites for hydroxylation is 1. The van der Waals surface area contributed by atoms with E-state index >= 15 is 0 Å². The maximum Gasteiger partial charge on any atom is 0.181 e. The van der Waals surface area contributed by atoms with Gasteiger partial charge in [-0.1, -0.05) is 17.7 Å². The molecule has 3 N–H and O–H groups in total. The first-order valence-electron chi connectivity index (χ1n) is 9.09. The van der Waals surface area contributed by atoms with Gasteiger partial charge in [-0.2, -0.15) is 0 Å². The Balaban J connectivity index is 1.60. The summed E-state index contributed by atoms with van der Waals surface area (Å²) in [5.74, 6) is 0.592. The van der Waals surface area contributed by atoms with Gasteiger partial charge in [0.2, 0.25) is 0 Å². The van der Waals surface area contributed by atoms with E-state index in [4.69, 9.17) is 11.6 Å². The first-order valence-corrected chi connectivity index (χ1v) is 10.5. The predicted molar refractivity (Wildman–Crippen MR) is 115 cm³/mol. The summed E-state index contributed by atoms with van der Waals surface area (Å²) in [4.78, 5) is 20.3. The molecule has 0 saturated heterocycles. The number of pyridine rings is 1. The molecule has 11 heteroatoms. The van der Waals surface area contributed by atoms with Crippen LogP contribution in [-0.4, -0.2) is 40.2 Å². The molecular formula is C19H17ClN7O2S-. The lowest BCUT2D eigenvalue weighted by Crippen LogP contribution is -2.18. The van der Waals surface area contributed by atoms with Crippen molar-refractivity contribution in [2.75, 3.05) is 11.9 Å². The highest BCUT2D eigenvalue weighted by Crippen LogP contribution is 2.33. The number of benzene rings is 1. The average molecular weight is 443 g/mol. The number of aromatic amines is 1. The molecule has 3 aromatic heterocycles. The highest BCUT2D eigenvalue weighted by molar-refractivity contribution is 7.77. The Hall–Kier alpha value is -2.92. The predicted octanol–water partition coefficient (Wildman–Crippen LogP) is 3.13. The van der Waals surface area contributed by atoms with Crippen LogP contribution in [0.4, 0.5) is 11.5 Å². The first-order chi connectivity index (χ1) is 14.6. The molecule has 1 atom stereocenters. The molecule has 0 spiro atoms. The fraction of sp³-hybridized carbons (Fsp3) is 0.158. The number of anilines is 2. The number of nitrogens with zero attached hydrogens (tertiary/aromatic N) is 4. The number of aromatic nitrogens is 5. The molecule has 1 unspecified atom stereocenters. The summed E-state index contributed by atoms with van der Waals surface area (Å²) < 4.78 is 23.5. The molecule has 4 aromatic rings. The molecule has 0 bridgehead atoms. The lowest BCUT2D eigenvalue weighted by Gasteiger charge is -2.13. The van der Waals surface area contributed by atoms with Gasteiger partial charge in [0.15, 0.2) is 5.65 Å². The summed E-state index contributed by atoms with van der Waals surface area (Å²) in [6.45, 7) is 0.375. The van der Waals surface area contributed by atoms with Gasteiger partial charge in [0.1, 0.15) is 23.4 Å². The second-order valence-electron chi connectivity index (χ2n) is 6.39. The maximum atomic E-state index is 10.6. The zero-order valence-corrected chi connectivity index (χ0v) is 17.2. The number of imidazole rings is 1. The van der Waals surface area contributed by atoms with Gasteiger partial charge in [0.05, 0.1) is 17.0 Å². The van der Waals surface area contributed by atoms with Crippen molar-refractivity contribution in [1.82, 2.24) is 29.6 Å². The largest absolute Gasteiger partial charge is 0.760 e. The van der Waals surface area contributed by atoms with Crippen LogP contribution in [0.1, 0.15) is 12.0 Å². The summed E-state index contributed by atoms with van der Waals surface area (Å²) in [5.41, 5.74) is 4.47. The minimum Gasteiger partial charge on any atom is -0.760 e. The number of hydrogen-bond donors (Lipinski definition) is 3. The van der Waals surface area contributed by atoms with Gasteiger partial charge in [-0.15, -0.1) is 0 Å². The van der Waals surface area contributed by atoms with Gasteiger partial charge in [0.25, 0.3) is 0 Å². The van der Waals surface area contributed by atoms with Crippen molar-refractivity contribution in [3.8, 4) is 11.3 Å². The number of rotatable bonds is 8. The van der Waals surface area contributed by atoms with Gasteiger partial charge in [-0.3, -0.25) is 4.21 Å². The van der Waals surface area contributed by atoms with Crippen LogP contribution in [-0.2, 0) is 17.7 Å². The van der Waals surface area contributed by atoms with E-state index in [1.807, 2.05) is 24.3 Å². The molecule has 4 rings (SSSR count). The number of nitrogens with one attached hydrogen (secondary N) is 3. The Bertz CT molecular complexity index is 1200. The standard InChI is InChI=1S/C19H18ClN7O2S/c20-14-6-5-12(3-1-8-26-30(28)29)9-15(14)27-18-13(4-2-7-21-18)16-17-19(24-10-22-16)25-11-23-17/h2,4-7,9-11,26H,1,3,8H2,(H,21,27)(H,28,29)(H,22,23,24,25)/p-1. The fourth-order valence-electron chi connectivity index (χ4n) is 3.06. The molecule has 30 heavy (non-hydrogen) atoms. The summed E-state index contributed by atoms with van der Waals surface area (Å²) in [5, 5.41) is 3.84. The van der Waals surface area contributed by atoms with E-state index in [0.29, 0.717) is 47.3 Å². The Morgan fingerprint density at radius 1 is 1.17 bits per heavy atom. The third kappa shape index (κ3) is 4.62. The van der Waals surface area contributed by atoms with Crippen molar-refractivity contribution in [2.45, 2.75) is 12.8 Å². The smallest absolute Gasteiger partial charge is 0.181 e. The van der Waals surface area contributed by atoms with Gasteiger partial charge < -0.3 is 14.9 Å². The highest BCUT2D eigenvalue weighted by atomic mass is 35.5. The fourth-order valence-corrected chi connectivity index (χ4v) is 3.54. The molecule has 0 aliphatic rings. The Labute approximate surface area is 179 Å². The number of H-pyrrole nitrogens is 1. The first kappa shape index (κ1) is 20.4. The van der Waals surface area contributed by atoms with Crippen molar-refractivity contribution in [2.24, 2.45) is 0 Å². The van der Waals surface area contributed by atoms with Crippen molar-refractivity contribution in [3.63, 3.8) is 0 Å². The van der Waals surface area contributed by atoms with Crippen molar-refractivity contribution < 1.29 is 8.76 Å². The number of fused-ring (bicyclic) bond motifs is 1. The van der Waals surface area contributed by atoms with E-state index in [0.717, 1.165) is 16.6 Å². The summed E-state index contributed by atoms with van der Waals surface area (Å²) >= 11 is 4.15. The summed E-state index contributed by atoms with van der Waals surface area (Å²) in [6.07, 6.45) is 6.09. The van der Waals surface area contributed by atoms with E-state index in [1.54, 1.807) is 18.6 Å². The zero-order valence-electron chi connectivity index (χ0n) is 15.6. The Morgan fingerprint density at radius 2 is 2.07 bits per heavy atom. The molecule has 3 heterocycles. The normalized spacial score (nSPS) is 12.2. The minimum absolute atomic E-state index is 0.375. The maximum absolute atomic E-state index is 10.6. The van der Waals surface area contributed by atoms with E-state index in [1.165, 1.54) is 6.33 Å². The van der Waals surface area contributed by atoms with Crippen LogP contribution >= 0.6 is 11.6 Å². The molecule has 154 valence electrons. The third-order valence-corrected chi connectivity index (χ3v) is 5.20. The van der Waals surface area contributed by atoms with Gasteiger partial charge in [-0.25, -0.2) is 24.7 Å². The summed E-state index contributed by atoms with van der Waals surface area (Å²) in [6, 6.07) is 9.39. The van der Waals surface area contributed by atoms with Gasteiger partial charge in [0, 0.05) is 29.6 Å². The minimum atomic E-state index is -2.25. The number of halogens is 1. The monoisotopic (exact) mass is 442 g/mol. The van der Waals surface area contributed by atoms with E-state index in [-0.39, 0.29) is 0 Å². The highest BCUT2D eigenvalue weighted by Gasteiger charge is 2.14. The molecule has 0 amide bonds. The van der Waals surface area contributed by atoms with Crippen LogP contribution in [0.5, 0.6) is 0 Å². The van der Waals surface area contributed by atoms with Crippen LogP contribution < -0.4 is 10.0 Å². The summed E-state index contributed by atoms with van der Waals surface area (Å²) in [7, 11) is 0. The SMILES string of the molecule is O=S([O-])NCCCc1ccc(Cl)c(Nc2ncccc2-c2ncnc3nc[nH]c23)c1. The van der Waals surface area contributed by atoms with Crippen LogP contribution in [0.3, 0.4) is 0 Å². The third-order valence-electron chi connectivity index (χ3n) is 4.43. The second kappa shape index (κ2) is 9.26. The van der Waals surface area contributed by atoms with Crippen molar-refractivity contribution >= 4 is 45.5 Å². The molecular weight excluding hydrogens is 426 g/mol. The van der Waals surface area contributed by atoms with Crippen LogP contribution in [0, 0.1) is 0 Å². The van der Waals surface area contributed by atoms with Crippen LogP contribution in [0.25, 0.3) is 22.4 Å². The average Bonchev–Trinajstić information content (AvgIpc) is 3.23. The molecule has 0 radical (unpaired) electrons. The quantitative estimate of drug-likeness (QED) is 0.282. The second-order valence-corrected chi connectivity index (χ2v) is 7.56. The van der Waals surface area contributed by atoms with Crippen molar-refractivity contribution in [1.29, 1.82) is 0 Å².